The lowest BCUT2D eigenvalue weighted by Crippen LogP contribution is -2.25. The van der Waals surface area contributed by atoms with Gasteiger partial charge in [0, 0.05) is 41.6 Å². The minimum atomic E-state index is -0.324. The van der Waals surface area contributed by atoms with Crippen molar-refractivity contribution < 1.29 is 4.79 Å². The van der Waals surface area contributed by atoms with E-state index in [-0.39, 0.29) is 18.4 Å². The molecule has 1 atom stereocenters. The first-order chi connectivity index (χ1) is 16.9. The van der Waals surface area contributed by atoms with E-state index in [1.165, 1.54) is 0 Å². The number of carbonyl (C=O) groups is 1. The molecule has 2 aromatic carbocycles. The van der Waals surface area contributed by atoms with Gasteiger partial charge in [-0.15, -0.1) is 5.10 Å². The van der Waals surface area contributed by atoms with Gasteiger partial charge in [0.05, 0.1) is 18.5 Å². The third-order valence-electron chi connectivity index (χ3n) is 5.92. The first-order valence-corrected chi connectivity index (χ1v) is 11.6. The van der Waals surface area contributed by atoms with Crippen molar-refractivity contribution in [2.75, 3.05) is 22.1 Å². The smallest absolute Gasteiger partial charge is 0.256 e. The zero-order valence-electron chi connectivity index (χ0n) is 19.3. The van der Waals surface area contributed by atoms with E-state index in [9.17, 15) is 10.1 Å². The van der Waals surface area contributed by atoms with Crippen LogP contribution < -0.4 is 15.5 Å². The number of rotatable bonds is 6. The minimum Gasteiger partial charge on any atom is -0.345 e. The number of aryl methyl sites for hydroxylation is 1. The van der Waals surface area contributed by atoms with Gasteiger partial charge < -0.3 is 15.5 Å². The third-order valence-corrected chi connectivity index (χ3v) is 6.15. The summed E-state index contributed by atoms with van der Waals surface area (Å²) in [6.07, 6.45) is 1.04. The molecule has 1 aliphatic heterocycles. The number of nitrogens with zero attached hydrogens (tertiary/aromatic N) is 6. The van der Waals surface area contributed by atoms with Crippen LogP contribution in [0, 0.1) is 18.3 Å². The number of halogens is 1. The number of aromatic nitrogens is 4. The van der Waals surface area contributed by atoms with Crippen LogP contribution in [0.5, 0.6) is 0 Å². The van der Waals surface area contributed by atoms with Crippen LogP contribution in [-0.2, 0) is 11.2 Å². The number of amides is 1. The van der Waals surface area contributed by atoms with Crippen LogP contribution >= 0.6 is 11.6 Å². The zero-order chi connectivity index (χ0) is 24.5. The predicted octanol–water partition coefficient (Wildman–Crippen LogP) is 4.81. The molecular weight excluding hydrogens is 464 g/mol. The summed E-state index contributed by atoms with van der Waals surface area (Å²) in [7, 11) is 0. The Morgan fingerprint density at radius 3 is 2.86 bits per heavy atom. The molecule has 0 aliphatic carbocycles. The Morgan fingerprint density at radius 2 is 2.09 bits per heavy atom. The Balaban J connectivity index is 1.44. The first kappa shape index (κ1) is 22.6. The van der Waals surface area contributed by atoms with E-state index in [1.807, 2.05) is 43.3 Å². The average Bonchev–Trinajstić information content (AvgIpc) is 3.42. The number of nitrogens with one attached hydrogen (secondary N) is 2. The summed E-state index contributed by atoms with van der Waals surface area (Å²) in [5.41, 5.74) is 4.61. The lowest BCUT2D eigenvalue weighted by Gasteiger charge is -2.15. The highest BCUT2D eigenvalue weighted by Gasteiger charge is 2.22. The fourth-order valence-electron chi connectivity index (χ4n) is 4.31. The van der Waals surface area contributed by atoms with Gasteiger partial charge in [0.15, 0.2) is 0 Å². The number of nitriles is 1. The Morgan fingerprint density at radius 1 is 1.23 bits per heavy atom. The molecule has 0 bridgehead atoms. The van der Waals surface area contributed by atoms with Crippen LogP contribution in [0.1, 0.15) is 36.2 Å². The normalized spacial score (nSPS) is 13.4. The molecule has 35 heavy (non-hydrogen) atoms. The Hall–Kier alpha value is -4.16. The summed E-state index contributed by atoms with van der Waals surface area (Å²) >= 11 is 6.15. The van der Waals surface area contributed by atoms with Crippen LogP contribution in [0.15, 0.2) is 48.5 Å². The fourth-order valence-corrected chi connectivity index (χ4v) is 4.51. The van der Waals surface area contributed by atoms with E-state index < -0.39 is 0 Å². The molecule has 10 heteroatoms. The van der Waals surface area contributed by atoms with Crippen molar-refractivity contribution in [2.45, 2.75) is 32.7 Å². The van der Waals surface area contributed by atoms with Gasteiger partial charge in [-0.2, -0.15) is 14.8 Å². The monoisotopic (exact) mass is 486 g/mol. The molecule has 2 N–H and O–H groups in total. The second-order valence-corrected chi connectivity index (χ2v) is 8.87. The van der Waals surface area contributed by atoms with E-state index in [1.54, 1.807) is 22.4 Å². The number of hydrogen-bond acceptors (Lipinski definition) is 7. The van der Waals surface area contributed by atoms with Gasteiger partial charge >= 0.3 is 0 Å². The van der Waals surface area contributed by atoms with Gasteiger partial charge in [0.1, 0.15) is 5.82 Å². The average molecular weight is 487 g/mol. The van der Waals surface area contributed by atoms with Crippen molar-refractivity contribution in [2.24, 2.45) is 0 Å². The first-order valence-electron chi connectivity index (χ1n) is 11.2. The number of carbonyl (C=O) groups excluding carboxylic acids is 1. The SMILES string of the molecule is CC(=O)N1CCc2cc(Nc3cc(C)nc4nc(N[C@H](CC#N)c5cccc(Cl)c5)nn34)ccc21. The second kappa shape index (κ2) is 9.24. The number of benzene rings is 2. The highest BCUT2D eigenvalue weighted by atomic mass is 35.5. The molecule has 5 rings (SSSR count). The molecule has 0 spiro atoms. The van der Waals surface area contributed by atoms with Crippen LogP contribution in [0.2, 0.25) is 5.02 Å². The van der Waals surface area contributed by atoms with Gasteiger partial charge in [-0.05, 0) is 54.8 Å². The number of fused-ring (bicyclic) bond motifs is 2. The summed E-state index contributed by atoms with van der Waals surface area (Å²) in [6, 6.07) is 17.1. The van der Waals surface area contributed by atoms with Crippen molar-refractivity contribution in [3.8, 4) is 6.07 Å². The van der Waals surface area contributed by atoms with Crippen molar-refractivity contribution in [3.63, 3.8) is 0 Å². The standard InChI is InChI=1S/C25H23ClN8O/c1-15-12-23(29-20-6-7-22-18(14-20)9-11-33(22)16(2)35)34-25(28-15)31-24(32-34)30-21(8-10-27)17-4-3-5-19(26)13-17/h3-7,12-14,21,29H,8-9,11H2,1-2H3,(H,30,32)/t21-/m1/s1. The zero-order valence-corrected chi connectivity index (χ0v) is 20.0. The molecule has 0 saturated carbocycles. The summed E-state index contributed by atoms with van der Waals surface area (Å²) < 4.78 is 1.63. The largest absolute Gasteiger partial charge is 0.345 e. The van der Waals surface area contributed by atoms with Gasteiger partial charge in [0.25, 0.3) is 5.78 Å². The lowest BCUT2D eigenvalue weighted by atomic mass is 10.0. The van der Waals surface area contributed by atoms with Crippen molar-refractivity contribution in [1.82, 2.24) is 19.6 Å². The molecule has 4 aromatic rings. The molecule has 2 aromatic heterocycles. The Bertz CT molecular complexity index is 1470. The topological polar surface area (TPSA) is 111 Å². The minimum absolute atomic E-state index is 0.0473. The van der Waals surface area contributed by atoms with Crippen LogP contribution in [-0.4, -0.2) is 32.0 Å². The van der Waals surface area contributed by atoms with Crippen molar-refractivity contribution in [3.05, 3.63) is 70.4 Å². The lowest BCUT2D eigenvalue weighted by molar-refractivity contribution is -0.116. The molecule has 0 saturated heterocycles. The molecular formula is C25H23ClN8O. The summed E-state index contributed by atoms with van der Waals surface area (Å²) in [5, 5.41) is 21.2. The number of anilines is 4. The maximum absolute atomic E-state index is 11.9. The molecule has 9 nitrogen and oxygen atoms in total. The van der Waals surface area contributed by atoms with Crippen LogP contribution in [0.4, 0.5) is 23.1 Å². The molecule has 1 aliphatic rings. The van der Waals surface area contributed by atoms with E-state index in [4.69, 9.17) is 11.6 Å². The predicted molar refractivity (Wildman–Crippen MR) is 135 cm³/mol. The van der Waals surface area contributed by atoms with Crippen molar-refractivity contribution >= 4 is 46.4 Å². The van der Waals surface area contributed by atoms with E-state index in [2.05, 4.69) is 37.8 Å². The summed E-state index contributed by atoms with van der Waals surface area (Å²) in [6.45, 7) is 4.17. The maximum Gasteiger partial charge on any atom is 0.256 e. The molecule has 0 fully saturated rings. The molecule has 0 radical (unpaired) electrons. The fraction of sp³-hybridized carbons (Fsp3) is 0.240. The second-order valence-electron chi connectivity index (χ2n) is 8.43. The van der Waals surface area contributed by atoms with E-state index in [0.717, 1.165) is 34.6 Å². The molecule has 3 heterocycles. The number of hydrogen-bond donors (Lipinski definition) is 2. The summed E-state index contributed by atoms with van der Waals surface area (Å²) in [5.74, 6) is 1.54. The molecule has 1 amide bonds. The quantitative estimate of drug-likeness (QED) is 0.402. The van der Waals surface area contributed by atoms with Gasteiger partial charge in [-0.1, -0.05) is 23.7 Å². The van der Waals surface area contributed by atoms with Crippen molar-refractivity contribution in [1.29, 1.82) is 5.26 Å². The third kappa shape index (κ3) is 4.61. The van der Waals surface area contributed by atoms with Gasteiger partial charge in [0.2, 0.25) is 11.9 Å². The molecule has 176 valence electrons. The van der Waals surface area contributed by atoms with Gasteiger partial charge in [-0.25, -0.2) is 4.98 Å². The van der Waals surface area contributed by atoms with Crippen LogP contribution in [0.3, 0.4) is 0 Å². The van der Waals surface area contributed by atoms with E-state index >= 15 is 0 Å². The van der Waals surface area contributed by atoms with Gasteiger partial charge in [-0.3, -0.25) is 4.79 Å². The van der Waals surface area contributed by atoms with E-state index in [0.29, 0.717) is 29.1 Å². The highest BCUT2D eigenvalue weighted by Crippen LogP contribution is 2.32. The highest BCUT2D eigenvalue weighted by molar-refractivity contribution is 6.30. The summed E-state index contributed by atoms with van der Waals surface area (Å²) in [4.78, 5) is 22.7. The Kier molecular flexibility index (Phi) is 5.97. The molecule has 0 unspecified atom stereocenters. The maximum atomic E-state index is 11.9. The van der Waals surface area contributed by atoms with Crippen LogP contribution in [0.25, 0.3) is 5.78 Å². The Labute approximate surface area is 207 Å².